The number of carbonyl (C=O) groups excluding carboxylic acids is 6. The zero-order valence-electron chi connectivity index (χ0n) is 26.7. The Bertz CT molecular complexity index is 1050. The van der Waals surface area contributed by atoms with E-state index in [1.54, 1.807) is 51.3 Å². The van der Waals surface area contributed by atoms with Crippen LogP contribution in [0, 0.1) is 0 Å². The van der Waals surface area contributed by atoms with E-state index in [1.807, 2.05) is 0 Å². The molecule has 0 aromatic rings. The molecule has 0 bridgehead atoms. The predicted molar refractivity (Wildman–Crippen MR) is 160 cm³/mol. The highest BCUT2D eigenvalue weighted by Crippen LogP contribution is 2.14. The Kier molecular flexibility index (Phi) is 11.7. The minimum atomic E-state index is -0.719. The third kappa shape index (κ3) is 10.7. The third-order valence-corrected chi connectivity index (χ3v) is 7.13. The Morgan fingerprint density at radius 3 is 1.09 bits per heavy atom. The maximum atomic E-state index is 13.2. The highest BCUT2D eigenvalue weighted by molar-refractivity contribution is 6.13. The summed E-state index contributed by atoms with van der Waals surface area (Å²) >= 11 is 0. The summed E-state index contributed by atoms with van der Waals surface area (Å²) in [5.41, 5.74) is -1.44. The number of hydrogen-bond acceptors (Lipinski definition) is 10. The van der Waals surface area contributed by atoms with Gasteiger partial charge in [-0.05, 0) is 41.5 Å². The van der Waals surface area contributed by atoms with Crippen LogP contribution in [0.2, 0.25) is 0 Å². The van der Waals surface area contributed by atoms with Crippen molar-refractivity contribution in [2.24, 2.45) is 0 Å². The van der Waals surface area contributed by atoms with Crippen molar-refractivity contribution in [3.05, 3.63) is 24.3 Å². The Morgan fingerprint density at radius 2 is 0.795 bits per heavy atom. The van der Waals surface area contributed by atoms with Crippen LogP contribution in [-0.4, -0.2) is 155 Å². The Morgan fingerprint density at radius 1 is 0.523 bits per heavy atom. The second-order valence-corrected chi connectivity index (χ2v) is 12.9. The van der Waals surface area contributed by atoms with Crippen LogP contribution in [0.1, 0.15) is 41.5 Å². The molecule has 14 heteroatoms. The Balaban J connectivity index is 1.80. The summed E-state index contributed by atoms with van der Waals surface area (Å²) < 4.78 is 11.3. The van der Waals surface area contributed by atoms with Crippen LogP contribution in [0.3, 0.4) is 0 Å². The van der Waals surface area contributed by atoms with E-state index in [9.17, 15) is 28.8 Å². The van der Waals surface area contributed by atoms with Crippen LogP contribution in [0.15, 0.2) is 24.3 Å². The second kappa shape index (κ2) is 14.8. The van der Waals surface area contributed by atoms with Gasteiger partial charge in [-0.3, -0.25) is 38.8 Å². The lowest BCUT2D eigenvalue weighted by molar-refractivity contribution is -0.138. The first-order chi connectivity index (χ1) is 20.5. The zero-order valence-corrected chi connectivity index (χ0v) is 26.7. The fourth-order valence-corrected chi connectivity index (χ4v) is 4.75. The molecule has 3 aliphatic heterocycles. The second-order valence-electron chi connectivity index (χ2n) is 12.9. The van der Waals surface area contributed by atoms with Gasteiger partial charge >= 0.3 is 12.2 Å². The molecule has 0 radical (unpaired) electrons. The van der Waals surface area contributed by atoms with E-state index in [2.05, 4.69) is 9.80 Å². The van der Waals surface area contributed by atoms with E-state index in [0.717, 1.165) is 0 Å². The van der Waals surface area contributed by atoms with E-state index in [1.165, 1.54) is 34.1 Å². The quantitative estimate of drug-likeness (QED) is 0.395. The van der Waals surface area contributed by atoms with Crippen molar-refractivity contribution in [1.29, 1.82) is 0 Å². The maximum Gasteiger partial charge on any atom is 0.410 e. The molecule has 0 saturated carbocycles. The van der Waals surface area contributed by atoms with Crippen molar-refractivity contribution in [3.63, 3.8) is 0 Å². The molecule has 14 nitrogen and oxygen atoms in total. The minimum absolute atomic E-state index is 0.186. The molecule has 3 rings (SSSR count). The monoisotopic (exact) mass is 618 g/mol. The molecule has 1 fully saturated rings. The molecule has 6 amide bonds. The SMILES string of the molecule is CC(C)(C)OC(=O)N1CCN(CCN2C(=O)C=CC2=O)CCN(CCN2C(=O)C=CC2=O)CCN(C(=O)OC(C)(C)C)CC1. The molecule has 244 valence electrons. The van der Waals surface area contributed by atoms with Gasteiger partial charge in [0.15, 0.2) is 0 Å². The summed E-state index contributed by atoms with van der Waals surface area (Å²) in [6.07, 6.45) is 3.97. The molecule has 3 heterocycles. The maximum absolute atomic E-state index is 13.2. The van der Waals surface area contributed by atoms with Crippen molar-refractivity contribution in [2.45, 2.75) is 52.7 Å². The van der Waals surface area contributed by atoms with Crippen LogP contribution < -0.4 is 0 Å². The zero-order chi connectivity index (χ0) is 32.7. The largest absolute Gasteiger partial charge is 0.444 e. The molecule has 0 N–H and O–H groups in total. The van der Waals surface area contributed by atoms with Crippen LogP contribution >= 0.6 is 0 Å². The van der Waals surface area contributed by atoms with Gasteiger partial charge < -0.3 is 19.3 Å². The number of hydrogen-bond donors (Lipinski definition) is 0. The summed E-state index contributed by atoms with van der Waals surface area (Å²) in [5.74, 6) is -1.45. The first kappa shape index (κ1) is 34.7. The van der Waals surface area contributed by atoms with Crippen LogP contribution in [0.25, 0.3) is 0 Å². The number of imide groups is 2. The lowest BCUT2D eigenvalue weighted by Crippen LogP contribution is -2.51. The van der Waals surface area contributed by atoms with Gasteiger partial charge in [-0.1, -0.05) is 0 Å². The third-order valence-electron chi connectivity index (χ3n) is 7.13. The van der Waals surface area contributed by atoms with Gasteiger partial charge in [0, 0.05) is 103 Å². The summed E-state index contributed by atoms with van der Waals surface area (Å²) in [6.45, 7) is 14.6. The van der Waals surface area contributed by atoms with Crippen molar-refractivity contribution < 1.29 is 38.2 Å². The summed E-state index contributed by atoms with van der Waals surface area (Å²) in [6, 6.07) is 0. The van der Waals surface area contributed by atoms with E-state index < -0.39 is 23.4 Å². The molecule has 0 spiro atoms. The van der Waals surface area contributed by atoms with Gasteiger partial charge in [0.1, 0.15) is 11.2 Å². The van der Waals surface area contributed by atoms with Gasteiger partial charge in [0.2, 0.25) is 0 Å². The number of rotatable bonds is 6. The molecule has 44 heavy (non-hydrogen) atoms. The van der Waals surface area contributed by atoms with E-state index in [-0.39, 0.29) is 62.9 Å². The van der Waals surface area contributed by atoms with Crippen LogP contribution in [0.5, 0.6) is 0 Å². The van der Waals surface area contributed by atoms with E-state index in [4.69, 9.17) is 9.47 Å². The normalized spacial score (nSPS) is 20.0. The van der Waals surface area contributed by atoms with E-state index >= 15 is 0 Å². The highest BCUT2D eigenvalue weighted by Gasteiger charge is 2.29. The number of nitrogens with zero attached hydrogens (tertiary/aromatic N) is 6. The van der Waals surface area contributed by atoms with Gasteiger partial charge in [0.05, 0.1) is 0 Å². The topological polar surface area (TPSA) is 140 Å². The Labute approximate surface area is 259 Å². The smallest absolute Gasteiger partial charge is 0.410 e. The molecule has 0 atom stereocenters. The highest BCUT2D eigenvalue weighted by atomic mass is 16.6. The molecular weight excluding hydrogens is 572 g/mol. The van der Waals surface area contributed by atoms with Gasteiger partial charge in [-0.25, -0.2) is 9.59 Å². The molecule has 0 aliphatic carbocycles. The van der Waals surface area contributed by atoms with Crippen molar-refractivity contribution in [1.82, 2.24) is 29.4 Å². The fourth-order valence-electron chi connectivity index (χ4n) is 4.75. The van der Waals surface area contributed by atoms with Crippen LogP contribution in [0.4, 0.5) is 9.59 Å². The number of amides is 6. The average molecular weight is 619 g/mol. The minimum Gasteiger partial charge on any atom is -0.444 e. The van der Waals surface area contributed by atoms with Crippen molar-refractivity contribution >= 4 is 35.8 Å². The molecule has 1 saturated heterocycles. The lowest BCUT2D eigenvalue weighted by Gasteiger charge is -2.36. The molecule has 0 aromatic carbocycles. The number of ether oxygens (including phenoxy) is 2. The van der Waals surface area contributed by atoms with Crippen LogP contribution in [-0.2, 0) is 28.7 Å². The van der Waals surface area contributed by atoms with E-state index in [0.29, 0.717) is 39.3 Å². The molecular formula is C30H46N6O8. The summed E-state index contributed by atoms with van der Waals surface area (Å²) in [5, 5.41) is 0. The molecule has 0 aromatic heterocycles. The van der Waals surface area contributed by atoms with Gasteiger partial charge in [-0.15, -0.1) is 0 Å². The predicted octanol–water partition coefficient (Wildman–Crippen LogP) is 0.928. The van der Waals surface area contributed by atoms with Gasteiger partial charge in [0.25, 0.3) is 23.6 Å². The van der Waals surface area contributed by atoms with Crippen molar-refractivity contribution in [3.8, 4) is 0 Å². The Hall–Kier alpha value is -3.78. The first-order valence-electron chi connectivity index (χ1n) is 15.0. The van der Waals surface area contributed by atoms with Crippen molar-refractivity contribution in [2.75, 3.05) is 78.5 Å². The fraction of sp³-hybridized carbons (Fsp3) is 0.667. The summed E-state index contributed by atoms with van der Waals surface area (Å²) in [4.78, 5) is 84.5. The first-order valence-corrected chi connectivity index (χ1v) is 15.0. The molecule has 0 unspecified atom stereocenters. The summed E-state index contributed by atoms with van der Waals surface area (Å²) in [7, 11) is 0. The standard InChI is InChI=1S/C30H46N6O8/c1-29(2,3)43-27(41)33-17-13-31(15-21-35-23(37)7-8-24(35)38)11-12-32(16-22-36-25(39)9-10-26(36)40)14-18-34(20-19-33)28(42)44-30(4,5)6/h7-10H,11-22H2,1-6H3. The lowest BCUT2D eigenvalue weighted by atomic mass is 10.2. The number of carbonyl (C=O) groups is 6. The average Bonchev–Trinajstić information content (AvgIpc) is 3.39. The molecule has 3 aliphatic rings. The van der Waals surface area contributed by atoms with Gasteiger partial charge in [-0.2, -0.15) is 0 Å².